The number of carbonyl (C=O) groups excluding carboxylic acids is 1. The molecule has 0 radical (unpaired) electrons. The molecule has 1 N–H and O–H groups in total. The Labute approximate surface area is 124 Å². The van der Waals surface area contributed by atoms with E-state index in [1.807, 2.05) is 36.1 Å². The molecule has 3 heteroatoms. The average Bonchev–Trinajstić information content (AvgIpc) is 2.46. The van der Waals surface area contributed by atoms with Crippen LogP contribution in [0.5, 0.6) is 5.75 Å². The van der Waals surface area contributed by atoms with E-state index in [0.717, 1.165) is 24.1 Å². The summed E-state index contributed by atoms with van der Waals surface area (Å²) in [5.74, 6) is 0.413. The van der Waals surface area contributed by atoms with Crippen LogP contribution in [0.2, 0.25) is 0 Å². The van der Waals surface area contributed by atoms with Crippen molar-refractivity contribution in [1.29, 1.82) is 0 Å². The van der Waals surface area contributed by atoms with Crippen molar-refractivity contribution in [2.45, 2.75) is 26.3 Å². The Morgan fingerprint density at radius 3 is 2.86 bits per heavy atom. The largest absolute Gasteiger partial charge is 0.508 e. The Hall–Kier alpha value is -2.29. The smallest absolute Gasteiger partial charge is 0.227 e. The van der Waals surface area contributed by atoms with E-state index in [4.69, 9.17) is 0 Å². The molecule has 0 bridgehead atoms. The number of benzene rings is 2. The van der Waals surface area contributed by atoms with E-state index in [2.05, 4.69) is 6.07 Å². The molecule has 0 aliphatic carbocycles. The number of amides is 1. The second kappa shape index (κ2) is 5.60. The number of aromatic hydroxyl groups is 1. The van der Waals surface area contributed by atoms with Crippen LogP contribution in [0.3, 0.4) is 0 Å². The Balaban J connectivity index is 1.72. The van der Waals surface area contributed by atoms with Crippen LogP contribution in [-0.2, 0) is 24.2 Å². The minimum Gasteiger partial charge on any atom is -0.508 e. The van der Waals surface area contributed by atoms with E-state index in [1.165, 1.54) is 11.1 Å². The third-order valence-corrected chi connectivity index (χ3v) is 3.99. The molecule has 1 heterocycles. The minimum atomic E-state index is 0.148. The summed E-state index contributed by atoms with van der Waals surface area (Å²) in [4.78, 5) is 14.3. The van der Waals surface area contributed by atoms with Gasteiger partial charge in [-0.15, -0.1) is 0 Å². The fraction of sp³-hybridized carbons (Fsp3) is 0.278. The molecule has 0 aromatic heterocycles. The van der Waals surface area contributed by atoms with E-state index < -0.39 is 0 Å². The highest BCUT2D eigenvalue weighted by Crippen LogP contribution is 2.23. The van der Waals surface area contributed by atoms with Crippen LogP contribution in [0, 0.1) is 6.92 Å². The molecule has 1 aliphatic rings. The number of phenolic OH excluding ortho intramolecular Hbond substituents is 1. The maximum Gasteiger partial charge on any atom is 0.227 e. The van der Waals surface area contributed by atoms with Gasteiger partial charge in [0.25, 0.3) is 0 Å². The van der Waals surface area contributed by atoms with Crippen molar-refractivity contribution in [3.63, 3.8) is 0 Å². The van der Waals surface area contributed by atoms with E-state index in [0.29, 0.717) is 13.0 Å². The summed E-state index contributed by atoms with van der Waals surface area (Å²) in [6.45, 7) is 3.38. The summed E-state index contributed by atoms with van der Waals surface area (Å²) >= 11 is 0. The van der Waals surface area contributed by atoms with E-state index in [1.54, 1.807) is 12.1 Å². The first-order valence-electron chi connectivity index (χ1n) is 7.26. The number of aryl methyl sites for hydroxylation is 1. The van der Waals surface area contributed by atoms with Crippen molar-refractivity contribution < 1.29 is 9.90 Å². The zero-order valence-electron chi connectivity index (χ0n) is 12.2. The van der Waals surface area contributed by atoms with Crippen molar-refractivity contribution in [3.8, 4) is 5.75 Å². The number of fused-ring (bicyclic) bond motifs is 1. The number of hydrogen-bond acceptors (Lipinski definition) is 2. The van der Waals surface area contributed by atoms with Gasteiger partial charge in [-0.25, -0.2) is 0 Å². The lowest BCUT2D eigenvalue weighted by Crippen LogP contribution is -2.36. The molecule has 1 aliphatic heterocycles. The Kier molecular flexibility index (Phi) is 3.65. The second-order valence-corrected chi connectivity index (χ2v) is 5.68. The van der Waals surface area contributed by atoms with E-state index >= 15 is 0 Å². The molecule has 0 saturated carbocycles. The quantitative estimate of drug-likeness (QED) is 0.919. The summed E-state index contributed by atoms with van der Waals surface area (Å²) in [5, 5.41) is 9.58. The molecule has 0 fully saturated rings. The fourth-order valence-electron chi connectivity index (χ4n) is 2.86. The molecule has 0 atom stereocenters. The van der Waals surface area contributed by atoms with Gasteiger partial charge >= 0.3 is 0 Å². The van der Waals surface area contributed by atoms with Gasteiger partial charge in [-0.1, -0.05) is 35.9 Å². The third kappa shape index (κ3) is 3.07. The van der Waals surface area contributed by atoms with Gasteiger partial charge in [-0.05, 0) is 42.2 Å². The van der Waals surface area contributed by atoms with Crippen molar-refractivity contribution in [1.82, 2.24) is 4.90 Å². The lowest BCUT2D eigenvalue weighted by atomic mass is 9.98. The highest BCUT2D eigenvalue weighted by Gasteiger charge is 2.21. The summed E-state index contributed by atoms with van der Waals surface area (Å²) in [6.07, 6.45) is 1.30. The second-order valence-electron chi connectivity index (χ2n) is 5.68. The number of hydrogen-bond donors (Lipinski definition) is 1. The van der Waals surface area contributed by atoms with Crippen LogP contribution < -0.4 is 0 Å². The Morgan fingerprint density at radius 1 is 1.19 bits per heavy atom. The normalized spacial score (nSPS) is 13.9. The molecule has 3 nitrogen and oxygen atoms in total. The van der Waals surface area contributed by atoms with Gasteiger partial charge in [0.2, 0.25) is 5.91 Å². The number of carbonyl (C=O) groups is 1. The average molecular weight is 281 g/mol. The third-order valence-electron chi connectivity index (χ3n) is 3.99. The molecule has 2 aromatic carbocycles. The van der Waals surface area contributed by atoms with Crippen LogP contribution in [-0.4, -0.2) is 22.5 Å². The molecule has 0 spiro atoms. The Bertz CT molecular complexity index is 679. The van der Waals surface area contributed by atoms with Gasteiger partial charge in [0.1, 0.15) is 5.75 Å². The van der Waals surface area contributed by atoms with Gasteiger partial charge < -0.3 is 10.0 Å². The molecule has 2 aromatic rings. The van der Waals surface area contributed by atoms with Gasteiger partial charge in [0.05, 0.1) is 6.42 Å². The first kappa shape index (κ1) is 13.7. The van der Waals surface area contributed by atoms with Crippen LogP contribution in [0.1, 0.15) is 22.3 Å². The summed E-state index contributed by atoms with van der Waals surface area (Å²) < 4.78 is 0. The monoisotopic (exact) mass is 281 g/mol. The molecular weight excluding hydrogens is 262 g/mol. The van der Waals surface area contributed by atoms with Gasteiger partial charge in [-0.2, -0.15) is 0 Å². The summed E-state index contributed by atoms with van der Waals surface area (Å²) in [6, 6.07) is 13.5. The first-order chi connectivity index (χ1) is 10.1. The van der Waals surface area contributed by atoms with Crippen molar-refractivity contribution in [3.05, 3.63) is 64.7 Å². The van der Waals surface area contributed by atoms with Gasteiger partial charge in [-0.3, -0.25) is 4.79 Å². The van der Waals surface area contributed by atoms with Crippen LogP contribution in [0.15, 0.2) is 42.5 Å². The maximum absolute atomic E-state index is 12.4. The van der Waals surface area contributed by atoms with Crippen LogP contribution >= 0.6 is 0 Å². The first-order valence-corrected chi connectivity index (χ1v) is 7.26. The van der Waals surface area contributed by atoms with Crippen molar-refractivity contribution in [2.75, 3.05) is 6.54 Å². The number of phenols is 1. The minimum absolute atomic E-state index is 0.148. The molecule has 21 heavy (non-hydrogen) atoms. The van der Waals surface area contributed by atoms with Gasteiger partial charge in [0.15, 0.2) is 0 Å². The highest BCUT2D eigenvalue weighted by atomic mass is 16.3. The Morgan fingerprint density at radius 2 is 2.05 bits per heavy atom. The standard InChI is InChI=1S/C18H19NO2/c1-13-3-2-4-14(9-13)10-18(21)19-8-7-15-5-6-17(20)11-16(15)12-19/h2-6,9,11,20H,7-8,10,12H2,1H3. The zero-order chi connectivity index (χ0) is 14.8. The summed E-state index contributed by atoms with van der Waals surface area (Å²) in [5.41, 5.74) is 4.52. The fourth-order valence-corrected chi connectivity index (χ4v) is 2.86. The lowest BCUT2D eigenvalue weighted by Gasteiger charge is -2.29. The summed E-state index contributed by atoms with van der Waals surface area (Å²) in [7, 11) is 0. The predicted molar refractivity (Wildman–Crippen MR) is 82.1 cm³/mol. The number of rotatable bonds is 2. The molecule has 0 saturated heterocycles. The predicted octanol–water partition coefficient (Wildman–Crippen LogP) is 2.83. The van der Waals surface area contributed by atoms with Crippen LogP contribution in [0.25, 0.3) is 0 Å². The molecular formula is C18H19NO2. The van der Waals surface area contributed by atoms with E-state index in [-0.39, 0.29) is 11.7 Å². The molecule has 3 rings (SSSR count). The van der Waals surface area contributed by atoms with Crippen molar-refractivity contribution in [2.24, 2.45) is 0 Å². The molecule has 0 unspecified atom stereocenters. The lowest BCUT2D eigenvalue weighted by molar-refractivity contribution is -0.131. The maximum atomic E-state index is 12.4. The SMILES string of the molecule is Cc1cccc(CC(=O)N2CCc3ccc(O)cc3C2)c1. The van der Waals surface area contributed by atoms with Crippen LogP contribution in [0.4, 0.5) is 0 Å². The number of nitrogens with zero attached hydrogens (tertiary/aromatic N) is 1. The van der Waals surface area contributed by atoms with Gasteiger partial charge in [0, 0.05) is 13.1 Å². The highest BCUT2D eigenvalue weighted by molar-refractivity contribution is 5.79. The van der Waals surface area contributed by atoms with E-state index in [9.17, 15) is 9.90 Å². The topological polar surface area (TPSA) is 40.5 Å². The van der Waals surface area contributed by atoms with Crippen molar-refractivity contribution >= 4 is 5.91 Å². The zero-order valence-corrected chi connectivity index (χ0v) is 12.2. The molecule has 108 valence electrons. The molecule has 1 amide bonds.